The van der Waals surface area contributed by atoms with E-state index in [4.69, 9.17) is 11.6 Å². The number of pyridine rings is 1. The zero-order chi connectivity index (χ0) is 16.7. The predicted octanol–water partition coefficient (Wildman–Crippen LogP) is 3.77. The van der Waals surface area contributed by atoms with Crippen molar-refractivity contribution < 1.29 is 4.79 Å². The number of aromatic nitrogens is 1. The molecule has 4 nitrogen and oxygen atoms in total. The molecule has 1 saturated heterocycles. The highest BCUT2D eigenvalue weighted by atomic mass is 35.5. The Labute approximate surface area is 147 Å². The van der Waals surface area contributed by atoms with E-state index in [0.29, 0.717) is 10.6 Å². The third-order valence-corrected chi connectivity index (χ3v) is 5.73. The Kier molecular flexibility index (Phi) is 4.19. The van der Waals surface area contributed by atoms with Crippen LogP contribution in [0.15, 0.2) is 24.4 Å². The van der Waals surface area contributed by atoms with Crippen LogP contribution >= 0.6 is 11.6 Å². The fraction of sp³-hybridized carbons (Fsp3) is 0.474. The van der Waals surface area contributed by atoms with Crippen molar-refractivity contribution in [3.63, 3.8) is 0 Å². The monoisotopic (exact) mass is 343 g/mol. The number of benzene rings is 1. The number of fused-ring (bicyclic) bond motifs is 1. The lowest BCUT2D eigenvalue weighted by Crippen LogP contribution is -2.52. The van der Waals surface area contributed by atoms with E-state index in [1.54, 1.807) is 13.1 Å². The SMILES string of the molecule is CC(=O)c1cc(Cl)c2cccnc2c1N1CCN(C2CCC2)CC1. The highest BCUT2D eigenvalue weighted by molar-refractivity contribution is 6.36. The summed E-state index contributed by atoms with van der Waals surface area (Å²) >= 11 is 6.39. The molecule has 2 aromatic rings. The van der Waals surface area contributed by atoms with E-state index in [1.807, 2.05) is 18.2 Å². The second-order valence-electron chi connectivity index (χ2n) is 6.82. The van der Waals surface area contributed by atoms with Crippen molar-refractivity contribution in [3.8, 4) is 0 Å². The quantitative estimate of drug-likeness (QED) is 0.795. The molecule has 1 aliphatic carbocycles. The van der Waals surface area contributed by atoms with Gasteiger partial charge in [-0.2, -0.15) is 0 Å². The summed E-state index contributed by atoms with van der Waals surface area (Å²) in [7, 11) is 0. The largest absolute Gasteiger partial charge is 0.367 e. The number of halogens is 1. The maximum Gasteiger partial charge on any atom is 0.162 e. The summed E-state index contributed by atoms with van der Waals surface area (Å²) < 4.78 is 0. The van der Waals surface area contributed by atoms with Crippen LogP contribution in [0, 0.1) is 0 Å². The van der Waals surface area contributed by atoms with E-state index < -0.39 is 0 Å². The van der Waals surface area contributed by atoms with Crippen LogP contribution in [0.3, 0.4) is 0 Å². The molecule has 1 aromatic carbocycles. The summed E-state index contributed by atoms with van der Waals surface area (Å²) in [6.07, 6.45) is 5.82. The van der Waals surface area contributed by atoms with Crippen LogP contribution in [-0.4, -0.2) is 47.9 Å². The Bertz CT molecular complexity index is 780. The summed E-state index contributed by atoms with van der Waals surface area (Å²) in [6, 6.07) is 6.45. The maximum absolute atomic E-state index is 12.2. The van der Waals surface area contributed by atoms with Gasteiger partial charge in [-0.25, -0.2) is 0 Å². The summed E-state index contributed by atoms with van der Waals surface area (Å²) in [6.45, 7) is 5.58. The minimum Gasteiger partial charge on any atom is -0.367 e. The molecule has 0 N–H and O–H groups in total. The topological polar surface area (TPSA) is 36.4 Å². The molecule has 24 heavy (non-hydrogen) atoms. The number of anilines is 1. The molecule has 1 aliphatic heterocycles. The molecule has 2 aliphatic rings. The van der Waals surface area contributed by atoms with Crippen LogP contribution in [0.5, 0.6) is 0 Å². The van der Waals surface area contributed by atoms with Crippen LogP contribution in [0.2, 0.25) is 5.02 Å². The number of nitrogens with zero attached hydrogens (tertiary/aromatic N) is 3. The molecule has 126 valence electrons. The molecular weight excluding hydrogens is 322 g/mol. The van der Waals surface area contributed by atoms with Crippen molar-refractivity contribution in [2.45, 2.75) is 32.2 Å². The summed E-state index contributed by atoms with van der Waals surface area (Å²) in [5.41, 5.74) is 2.48. The Morgan fingerprint density at radius 3 is 2.62 bits per heavy atom. The highest BCUT2D eigenvalue weighted by Gasteiger charge is 2.30. The number of carbonyl (C=O) groups excluding carboxylic acids is 1. The normalized spacial score (nSPS) is 19.5. The fourth-order valence-electron chi connectivity index (χ4n) is 3.84. The van der Waals surface area contributed by atoms with Crippen molar-refractivity contribution >= 4 is 34.0 Å². The molecule has 0 bridgehead atoms. The van der Waals surface area contributed by atoms with Gasteiger partial charge in [0.2, 0.25) is 0 Å². The number of piperazine rings is 1. The highest BCUT2D eigenvalue weighted by Crippen LogP contribution is 2.36. The average Bonchev–Trinajstić information content (AvgIpc) is 2.54. The van der Waals surface area contributed by atoms with Gasteiger partial charge in [0.1, 0.15) is 0 Å². The van der Waals surface area contributed by atoms with E-state index in [2.05, 4.69) is 14.8 Å². The van der Waals surface area contributed by atoms with E-state index in [0.717, 1.165) is 48.8 Å². The van der Waals surface area contributed by atoms with Gasteiger partial charge in [-0.15, -0.1) is 0 Å². The van der Waals surface area contributed by atoms with Crippen LogP contribution in [0.25, 0.3) is 10.9 Å². The Hall–Kier alpha value is -1.65. The second-order valence-corrected chi connectivity index (χ2v) is 7.23. The molecule has 0 amide bonds. The molecule has 0 radical (unpaired) electrons. The number of Topliss-reactive ketones (excluding diaryl/α,β-unsaturated/α-hetero) is 1. The average molecular weight is 344 g/mol. The Morgan fingerprint density at radius 1 is 1.25 bits per heavy atom. The van der Waals surface area contributed by atoms with Gasteiger partial charge in [-0.05, 0) is 38.0 Å². The van der Waals surface area contributed by atoms with E-state index >= 15 is 0 Å². The molecule has 2 fully saturated rings. The van der Waals surface area contributed by atoms with E-state index in [9.17, 15) is 4.79 Å². The third-order valence-electron chi connectivity index (χ3n) is 5.42. The minimum absolute atomic E-state index is 0.0425. The molecule has 0 unspecified atom stereocenters. The van der Waals surface area contributed by atoms with Crippen LogP contribution in [-0.2, 0) is 0 Å². The lowest BCUT2D eigenvalue weighted by atomic mass is 9.91. The van der Waals surface area contributed by atoms with Gasteiger partial charge in [0, 0.05) is 49.4 Å². The molecule has 2 heterocycles. The number of carbonyl (C=O) groups is 1. The van der Waals surface area contributed by atoms with Crippen molar-refractivity contribution in [1.82, 2.24) is 9.88 Å². The fourth-order valence-corrected chi connectivity index (χ4v) is 4.10. The standard InChI is InChI=1S/C19H22ClN3O/c1-13(24)16-12-17(20)15-6-3-7-21-18(15)19(16)23-10-8-22(9-11-23)14-4-2-5-14/h3,6-7,12,14H,2,4-5,8-11H2,1H3. The smallest absolute Gasteiger partial charge is 0.162 e. The van der Waals surface area contributed by atoms with Gasteiger partial charge in [0.05, 0.1) is 16.2 Å². The van der Waals surface area contributed by atoms with Crippen molar-refractivity contribution in [1.29, 1.82) is 0 Å². The molecule has 5 heteroatoms. The zero-order valence-electron chi connectivity index (χ0n) is 14.0. The van der Waals surface area contributed by atoms with Crippen molar-refractivity contribution in [2.75, 3.05) is 31.1 Å². The number of ketones is 1. The van der Waals surface area contributed by atoms with Crippen LogP contribution in [0.1, 0.15) is 36.5 Å². The van der Waals surface area contributed by atoms with Crippen LogP contribution < -0.4 is 4.90 Å². The molecule has 4 rings (SSSR count). The number of rotatable bonds is 3. The minimum atomic E-state index is 0.0425. The number of hydrogen-bond donors (Lipinski definition) is 0. The Morgan fingerprint density at radius 2 is 2.00 bits per heavy atom. The van der Waals surface area contributed by atoms with Gasteiger partial charge in [-0.1, -0.05) is 18.0 Å². The molecular formula is C19H22ClN3O. The maximum atomic E-state index is 12.2. The lowest BCUT2D eigenvalue weighted by molar-refractivity contribution is 0.101. The zero-order valence-corrected chi connectivity index (χ0v) is 14.7. The third kappa shape index (κ3) is 2.68. The first-order valence-electron chi connectivity index (χ1n) is 8.72. The molecule has 1 saturated carbocycles. The summed E-state index contributed by atoms with van der Waals surface area (Å²) in [4.78, 5) is 21.7. The van der Waals surface area contributed by atoms with E-state index in [-0.39, 0.29) is 5.78 Å². The van der Waals surface area contributed by atoms with Gasteiger partial charge in [0.25, 0.3) is 0 Å². The van der Waals surface area contributed by atoms with Gasteiger partial charge in [-0.3, -0.25) is 14.7 Å². The first-order valence-corrected chi connectivity index (χ1v) is 9.10. The van der Waals surface area contributed by atoms with Gasteiger partial charge in [0.15, 0.2) is 5.78 Å². The van der Waals surface area contributed by atoms with E-state index in [1.165, 1.54) is 19.3 Å². The second kappa shape index (κ2) is 6.34. The van der Waals surface area contributed by atoms with Crippen molar-refractivity contribution in [2.24, 2.45) is 0 Å². The first kappa shape index (κ1) is 15.9. The summed E-state index contributed by atoms with van der Waals surface area (Å²) in [5.74, 6) is 0.0425. The molecule has 0 atom stereocenters. The summed E-state index contributed by atoms with van der Waals surface area (Å²) in [5, 5.41) is 1.51. The van der Waals surface area contributed by atoms with Gasteiger partial charge >= 0.3 is 0 Å². The predicted molar refractivity (Wildman–Crippen MR) is 98.2 cm³/mol. The van der Waals surface area contributed by atoms with Gasteiger partial charge < -0.3 is 4.90 Å². The Balaban J connectivity index is 1.71. The lowest BCUT2D eigenvalue weighted by Gasteiger charge is -2.44. The van der Waals surface area contributed by atoms with Crippen molar-refractivity contribution in [3.05, 3.63) is 35.0 Å². The molecule has 0 spiro atoms. The van der Waals surface area contributed by atoms with Crippen LogP contribution in [0.4, 0.5) is 5.69 Å². The first-order chi connectivity index (χ1) is 11.6. The molecule has 1 aromatic heterocycles. The number of hydrogen-bond acceptors (Lipinski definition) is 4.